The number of aliphatic imine (C=N–C) groups is 1. The maximum absolute atomic E-state index is 10.9. The normalized spacial score (nSPS) is 11.8. The number of nitrogens with zero attached hydrogens (tertiary/aromatic N) is 3. The van der Waals surface area contributed by atoms with Gasteiger partial charge in [-0.1, -0.05) is 0 Å². The van der Waals surface area contributed by atoms with Crippen LogP contribution >= 0.6 is 24.0 Å². The van der Waals surface area contributed by atoms with Crippen LogP contribution in [0, 0.1) is 0 Å². The highest BCUT2D eigenvalue weighted by molar-refractivity contribution is 14.0. The Bertz CT molecular complexity index is 533. The maximum Gasteiger partial charge on any atom is 0.208 e. The summed E-state index contributed by atoms with van der Waals surface area (Å²) < 4.78 is 26.2. The van der Waals surface area contributed by atoms with E-state index in [2.05, 4.69) is 25.4 Å². The van der Waals surface area contributed by atoms with Crippen molar-refractivity contribution >= 4 is 40.0 Å². The van der Waals surface area contributed by atoms with E-state index in [1.807, 2.05) is 23.9 Å². The fourth-order valence-corrected chi connectivity index (χ4v) is 2.27. The molecular weight excluding hydrogens is 431 g/mol. The van der Waals surface area contributed by atoms with Gasteiger partial charge in [-0.05, 0) is 25.8 Å². The Morgan fingerprint density at radius 1 is 1.26 bits per heavy atom. The van der Waals surface area contributed by atoms with Gasteiger partial charge in [0, 0.05) is 45.1 Å². The van der Waals surface area contributed by atoms with E-state index in [1.54, 1.807) is 6.20 Å². The summed E-state index contributed by atoms with van der Waals surface area (Å²) in [6, 6.07) is 1.90. The highest BCUT2D eigenvalue weighted by Gasteiger charge is 2.00. The fraction of sp³-hybridized carbons (Fsp3) is 0.692. The number of hydrogen-bond acceptors (Lipinski definition) is 4. The SMILES string of the molecule is CCNC(=NCCCn1cccn1)NCCCNS(C)(=O)=O.I. The van der Waals surface area contributed by atoms with Crippen LogP contribution in [0.1, 0.15) is 19.8 Å². The molecule has 0 atom stereocenters. The van der Waals surface area contributed by atoms with Crippen LogP contribution in [-0.2, 0) is 16.6 Å². The molecule has 8 nitrogen and oxygen atoms in total. The Morgan fingerprint density at radius 2 is 2.04 bits per heavy atom. The van der Waals surface area contributed by atoms with Gasteiger partial charge < -0.3 is 10.6 Å². The zero-order valence-corrected chi connectivity index (χ0v) is 16.8. The maximum atomic E-state index is 10.9. The number of aryl methyl sites for hydroxylation is 1. The first-order valence-electron chi connectivity index (χ1n) is 7.45. The fourth-order valence-electron chi connectivity index (χ4n) is 1.75. The van der Waals surface area contributed by atoms with Crippen molar-refractivity contribution in [3.05, 3.63) is 18.5 Å². The molecule has 0 spiro atoms. The summed E-state index contributed by atoms with van der Waals surface area (Å²) in [5.74, 6) is 0.752. The monoisotopic (exact) mass is 458 g/mol. The summed E-state index contributed by atoms with van der Waals surface area (Å²) in [6.45, 7) is 5.42. The van der Waals surface area contributed by atoms with Crippen molar-refractivity contribution in [3.8, 4) is 0 Å². The van der Waals surface area contributed by atoms with Crippen LogP contribution < -0.4 is 15.4 Å². The van der Waals surface area contributed by atoms with Crippen molar-refractivity contribution in [3.63, 3.8) is 0 Å². The third kappa shape index (κ3) is 12.2. The first-order valence-corrected chi connectivity index (χ1v) is 9.34. The predicted molar refractivity (Wildman–Crippen MR) is 104 cm³/mol. The first-order chi connectivity index (χ1) is 10.5. The molecule has 1 aromatic heterocycles. The van der Waals surface area contributed by atoms with Crippen molar-refractivity contribution in [1.29, 1.82) is 0 Å². The average Bonchev–Trinajstić information content (AvgIpc) is 2.95. The van der Waals surface area contributed by atoms with Crippen molar-refractivity contribution in [2.24, 2.45) is 4.99 Å². The van der Waals surface area contributed by atoms with E-state index in [1.165, 1.54) is 0 Å². The van der Waals surface area contributed by atoms with Gasteiger partial charge in [-0.25, -0.2) is 13.1 Å². The lowest BCUT2D eigenvalue weighted by Gasteiger charge is -2.11. The molecule has 0 saturated carbocycles. The van der Waals surface area contributed by atoms with Gasteiger partial charge in [0.15, 0.2) is 5.96 Å². The third-order valence-electron chi connectivity index (χ3n) is 2.73. The molecule has 0 aliphatic carbocycles. The summed E-state index contributed by atoms with van der Waals surface area (Å²) in [5.41, 5.74) is 0. The number of aromatic nitrogens is 2. The molecule has 0 radical (unpaired) electrons. The predicted octanol–water partition coefficient (Wildman–Crippen LogP) is 0.386. The van der Waals surface area contributed by atoms with Crippen LogP contribution in [0.2, 0.25) is 0 Å². The second-order valence-corrected chi connectivity index (χ2v) is 6.66. The van der Waals surface area contributed by atoms with Crippen molar-refractivity contribution < 1.29 is 8.42 Å². The molecule has 0 aromatic carbocycles. The number of nitrogens with one attached hydrogen (secondary N) is 3. The van der Waals surface area contributed by atoms with Gasteiger partial charge in [0.2, 0.25) is 10.0 Å². The van der Waals surface area contributed by atoms with E-state index in [4.69, 9.17) is 0 Å². The average molecular weight is 458 g/mol. The molecule has 134 valence electrons. The highest BCUT2D eigenvalue weighted by atomic mass is 127. The largest absolute Gasteiger partial charge is 0.357 e. The second kappa shape index (κ2) is 12.5. The van der Waals surface area contributed by atoms with E-state index in [0.29, 0.717) is 26.1 Å². The van der Waals surface area contributed by atoms with Gasteiger partial charge in [0.25, 0.3) is 0 Å². The van der Waals surface area contributed by atoms with E-state index < -0.39 is 10.0 Å². The molecule has 0 unspecified atom stereocenters. The molecule has 0 aliphatic heterocycles. The topological polar surface area (TPSA) is 100 Å². The zero-order valence-electron chi connectivity index (χ0n) is 13.7. The van der Waals surface area contributed by atoms with E-state index in [9.17, 15) is 8.42 Å². The lowest BCUT2D eigenvalue weighted by molar-refractivity contribution is 0.581. The van der Waals surface area contributed by atoms with Gasteiger partial charge in [0.1, 0.15) is 0 Å². The number of hydrogen-bond donors (Lipinski definition) is 3. The quantitative estimate of drug-likeness (QED) is 0.204. The van der Waals surface area contributed by atoms with Crippen LogP contribution in [0.25, 0.3) is 0 Å². The number of rotatable bonds is 10. The van der Waals surface area contributed by atoms with Gasteiger partial charge in [-0.15, -0.1) is 24.0 Å². The Morgan fingerprint density at radius 3 is 2.65 bits per heavy atom. The van der Waals surface area contributed by atoms with E-state index in [-0.39, 0.29) is 24.0 Å². The van der Waals surface area contributed by atoms with Crippen LogP contribution in [0.4, 0.5) is 0 Å². The van der Waals surface area contributed by atoms with Crippen LogP contribution in [0.5, 0.6) is 0 Å². The molecule has 10 heteroatoms. The molecule has 0 bridgehead atoms. The Labute approximate surface area is 155 Å². The number of guanidine groups is 1. The minimum atomic E-state index is -3.11. The Balaban J connectivity index is 0.00000484. The van der Waals surface area contributed by atoms with Crippen LogP contribution in [0.15, 0.2) is 23.5 Å². The standard InChI is InChI=1S/C13H26N6O2S.HI/c1-3-14-13(15-7-4-10-18-22(2,20)21)16-8-5-11-19-12-6-9-17-19;/h6,9,12,18H,3-5,7-8,10-11H2,1-2H3,(H2,14,15,16);1H. The molecule has 0 aliphatic rings. The minimum absolute atomic E-state index is 0. The smallest absolute Gasteiger partial charge is 0.208 e. The highest BCUT2D eigenvalue weighted by Crippen LogP contribution is 1.90. The molecule has 23 heavy (non-hydrogen) atoms. The molecule has 3 N–H and O–H groups in total. The van der Waals surface area contributed by atoms with Gasteiger partial charge >= 0.3 is 0 Å². The Hall–Kier alpha value is -0.880. The summed E-state index contributed by atoms with van der Waals surface area (Å²) in [7, 11) is -3.11. The van der Waals surface area contributed by atoms with Crippen molar-refractivity contribution in [2.75, 3.05) is 32.4 Å². The third-order valence-corrected chi connectivity index (χ3v) is 3.46. The molecule has 1 heterocycles. The minimum Gasteiger partial charge on any atom is -0.357 e. The first kappa shape index (κ1) is 22.1. The van der Waals surface area contributed by atoms with Gasteiger partial charge in [0.05, 0.1) is 6.26 Å². The molecule has 1 rings (SSSR count). The van der Waals surface area contributed by atoms with Gasteiger partial charge in [-0.2, -0.15) is 5.10 Å². The second-order valence-electron chi connectivity index (χ2n) is 4.83. The zero-order chi connectivity index (χ0) is 16.3. The van der Waals surface area contributed by atoms with E-state index in [0.717, 1.165) is 31.7 Å². The summed E-state index contributed by atoms with van der Waals surface area (Å²) in [5, 5.41) is 10.5. The van der Waals surface area contributed by atoms with Crippen molar-refractivity contribution in [1.82, 2.24) is 25.1 Å². The molecular formula is C13H27IN6O2S. The van der Waals surface area contributed by atoms with Crippen molar-refractivity contribution in [2.45, 2.75) is 26.3 Å². The molecule has 0 fully saturated rings. The molecule has 1 aromatic rings. The number of sulfonamides is 1. The molecule has 0 amide bonds. The molecule has 0 saturated heterocycles. The lowest BCUT2D eigenvalue weighted by atomic mass is 10.4. The summed E-state index contributed by atoms with van der Waals surface area (Å²) in [6.07, 6.45) is 6.46. The van der Waals surface area contributed by atoms with Gasteiger partial charge in [-0.3, -0.25) is 9.67 Å². The lowest BCUT2D eigenvalue weighted by Crippen LogP contribution is -2.38. The van der Waals surface area contributed by atoms with E-state index >= 15 is 0 Å². The Kier molecular flexibility index (Phi) is 12.1. The summed E-state index contributed by atoms with van der Waals surface area (Å²) >= 11 is 0. The van der Waals surface area contributed by atoms with Crippen LogP contribution in [-0.4, -0.2) is 56.6 Å². The number of halogens is 1. The summed E-state index contributed by atoms with van der Waals surface area (Å²) in [4.78, 5) is 4.47. The van der Waals surface area contributed by atoms with Crippen LogP contribution in [0.3, 0.4) is 0 Å².